The molecule has 1 aromatic heterocycles. The number of amides is 4. The van der Waals surface area contributed by atoms with Gasteiger partial charge in [-0.25, -0.2) is 4.79 Å². The Labute approximate surface area is 275 Å². The van der Waals surface area contributed by atoms with E-state index in [9.17, 15) is 19.5 Å². The molecule has 3 N–H and O–H groups in total. The van der Waals surface area contributed by atoms with Crippen molar-refractivity contribution in [2.45, 2.75) is 38.8 Å². The van der Waals surface area contributed by atoms with E-state index in [1.807, 2.05) is 49.0 Å². The molecule has 3 atom stereocenters. The first-order chi connectivity index (χ1) is 22.6. The number of nitrogens with one attached hydrogen (secondary N) is 2. The molecule has 0 bridgehead atoms. The van der Waals surface area contributed by atoms with E-state index in [1.54, 1.807) is 73.3 Å². The number of urea groups is 1. The molecule has 11 nitrogen and oxygen atoms in total. The Kier molecular flexibility index (Phi) is 10.4. The normalized spacial score (nSPS) is 17.1. The molecule has 4 aromatic rings. The van der Waals surface area contributed by atoms with Crippen molar-refractivity contribution in [2.24, 2.45) is 13.0 Å². The molecule has 11 heteroatoms. The number of likely N-dealkylation sites (N-methyl/N-ethyl adjacent to an activating group) is 1. The molecule has 1 aliphatic rings. The predicted molar refractivity (Wildman–Crippen MR) is 182 cm³/mol. The summed E-state index contributed by atoms with van der Waals surface area (Å²) < 4.78 is 13.8. The smallest absolute Gasteiger partial charge is 0.321 e. The lowest BCUT2D eigenvalue weighted by molar-refractivity contribution is -0.134. The maximum Gasteiger partial charge on any atom is 0.321 e. The number of nitrogens with zero attached hydrogens (tertiary/aromatic N) is 3. The number of aliphatic hydroxyl groups is 1. The number of carbonyl (C=O) groups excluding carboxylic acids is 3. The van der Waals surface area contributed by atoms with Crippen molar-refractivity contribution in [3.05, 3.63) is 84.1 Å². The summed E-state index contributed by atoms with van der Waals surface area (Å²) in [6.07, 6.45) is 1.71. The molecular formula is C36H43N5O6. The molecule has 47 heavy (non-hydrogen) atoms. The van der Waals surface area contributed by atoms with Crippen LogP contribution in [0.1, 0.15) is 25.0 Å². The maximum atomic E-state index is 13.6. The molecule has 5 rings (SSSR count). The van der Waals surface area contributed by atoms with E-state index >= 15 is 0 Å². The Bertz CT molecular complexity index is 1740. The number of rotatable bonds is 9. The minimum atomic E-state index is -0.480. The molecule has 0 spiro atoms. The summed E-state index contributed by atoms with van der Waals surface area (Å²) in [4.78, 5) is 43.1. The number of aliphatic hydroxyl groups excluding tert-OH is 1. The molecule has 4 amide bonds. The van der Waals surface area contributed by atoms with E-state index < -0.39 is 12.1 Å². The minimum Gasteiger partial charge on any atom is -0.497 e. The zero-order valence-electron chi connectivity index (χ0n) is 27.5. The highest BCUT2D eigenvalue weighted by Crippen LogP contribution is 2.30. The Hall–Kier alpha value is -5.03. The number of anilines is 2. The molecule has 2 heterocycles. The Balaban J connectivity index is 1.35. The standard InChI is InChI=1S/C36H43N5O6/c1-23-19-41(24(2)22-42)35(44)18-25-16-28(37-34(43)17-26-20-39(3)31-9-7-6-8-30(26)31)12-15-32(25)47-33(23)21-40(4)36(45)38-27-10-13-29(46-5)14-11-27/h6-16,20,23-24,33,42H,17-19,21-22H2,1-5H3,(H,37,43)(H,38,45)/t23-,24-,33+/m0/s1. The zero-order valence-corrected chi connectivity index (χ0v) is 27.5. The number of benzene rings is 3. The predicted octanol–water partition coefficient (Wildman–Crippen LogP) is 4.68. The number of aromatic nitrogens is 1. The van der Waals surface area contributed by atoms with Crippen LogP contribution in [0.2, 0.25) is 0 Å². The van der Waals surface area contributed by atoms with Crippen molar-refractivity contribution in [3.63, 3.8) is 0 Å². The Morgan fingerprint density at radius 3 is 2.53 bits per heavy atom. The number of carbonyl (C=O) groups is 3. The zero-order chi connectivity index (χ0) is 33.7. The van der Waals surface area contributed by atoms with Gasteiger partial charge >= 0.3 is 6.03 Å². The van der Waals surface area contributed by atoms with Gasteiger partial charge in [0.15, 0.2) is 0 Å². The number of hydrogen-bond acceptors (Lipinski definition) is 6. The third kappa shape index (κ3) is 7.86. The number of ether oxygens (including phenoxy) is 2. The van der Waals surface area contributed by atoms with Gasteiger partial charge in [-0.2, -0.15) is 0 Å². The van der Waals surface area contributed by atoms with Gasteiger partial charge in [0.1, 0.15) is 17.6 Å². The van der Waals surface area contributed by atoms with Gasteiger partial charge < -0.3 is 39.6 Å². The van der Waals surface area contributed by atoms with E-state index in [-0.39, 0.29) is 49.8 Å². The van der Waals surface area contributed by atoms with Gasteiger partial charge in [-0.15, -0.1) is 0 Å². The summed E-state index contributed by atoms with van der Waals surface area (Å²) in [5.74, 6) is 0.670. The monoisotopic (exact) mass is 641 g/mol. The van der Waals surface area contributed by atoms with Gasteiger partial charge in [0, 0.05) is 60.6 Å². The van der Waals surface area contributed by atoms with Gasteiger partial charge in [0.25, 0.3) is 0 Å². The average molecular weight is 642 g/mol. The lowest BCUT2D eigenvalue weighted by Gasteiger charge is -2.34. The van der Waals surface area contributed by atoms with Crippen LogP contribution in [0.5, 0.6) is 11.5 Å². The van der Waals surface area contributed by atoms with Crippen LogP contribution in [-0.2, 0) is 29.5 Å². The van der Waals surface area contributed by atoms with Crippen LogP contribution in [-0.4, -0.2) is 83.3 Å². The molecule has 0 fully saturated rings. The quantitative estimate of drug-likeness (QED) is 0.244. The number of para-hydroxylation sites is 1. The third-order valence-corrected chi connectivity index (χ3v) is 8.67. The van der Waals surface area contributed by atoms with Crippen LogP contribution in [0.15, 0.2) is 72.9 Å². The van der Waals surface area contributed by atoms with E-state index in [2.05, 4.69) is 10.6 Å². The summed E-state index contributed by atoms with van der Waals surface area (Å²) in [7, 11) is 5.23. The van der Waals surface area contributed by atoms with E-state index in [0.29, 0.717) is 35.0 Å². The van der Waals surface area contributed by atoms with Gasteiger partial charge in [-0.1, -0.05) is 25.1 Å². The van der Waals surface area contributed by atoms with Crippen LogP contribution in [0.4, 0.5) is 16.2 Å². The second-order valence-corrected chi connectivity index (χ2v) is 12.3. The van der Waals surface area contributed by atoms with Crippen molar-refractivity contribution >= 4 is 40.1 Å². The summed E-state index contributed by atoms with van der Waals surface area (Å²) in [6, 6.07) is 19.6. The minimum absolute atomic E-state index is 0.0277. The summed E-state index contributed by atoms with van der Waals surface area (Å²) >= 11 is 0. The highest BCUT2D eigenvalue weighted by Gasteiger charge is 2.32. The fourth-order valence-corrected chi connectivity index (χ4v) is 5.92. The topological polar surface area (TPSA) is 125 Å². The Morgan fingerprint density at radius 2 is 1.81 bits per heavy atom. The lowest BCUT2D eigenvalue weighted by atomic mass is 10.0. The first-order valence-electron chi connectivity index (χ1n) is 15.7. The fraction of sp³-hybridized carbons (Fsp3) is 0.361. The number of fused-ring (bicyclic) bond motifs is 2. The van der Waals surface area contributed by atoms with Gasteiger partial charge in [-0.3, -0.25) is 9.59 Å². The number of aryl methyl sites for hydroxylation is 1. The van der Waals surface area contributed by atoms with E-state index in [1.165, 1.54) is 0 Å². The molecule has 248 valence electrons. The average Bonchev–Trinajstić information content (AvgIpc) is 3.39. The second kappa shape index (κ2) is 14.6. The van der Waals surface area contributed by atoms with Crippen LogP contribution in [0, 0.1) is 5.92 Å². The Morgan fingerprint density at radius 1 is 1.09 bits per heavy atom. The molecule has 0 saturated heterocycles. The maximum absolute atomic E-state index is 13.6. The lowest BCUT2D eigenvalue weighted by Crippen LogP contribution is -2.48. The van der Waals surface area contributed by atoms with Crippen LogP contribution in [0.25, 0.3) is 10.9 Å². The van der Waals surface area contributed by atoms with Crippen LogP contribution < -0.4 is 20.1 Å². The second-order valence-electron chi connectivity index (χ2n) is 12.3. The molecule has 1 aliphatic heterocycles. The third-order valence-electron chi connectivity index (χ3n) is 8.67. The van der Waals surface area contributed by atoms with E-state index in [0.717, 1.165) is 16.5 Å². The summed E-state index contributed by atoms with van der Waals surface area (Å²) in [5.41, 5.74) is 3.76. The molecule has 0 saturated carbocycles. The largest absolute Gasteiger partial charge is 0.497 e. The van der Waals surface area contributed by atoms with Crippen molar-refractivity contribution in [3.8, 4) is 11.5 Å². The molecule has 3 aromatic carbocycles. The van der Waals surface area contributed by atoms with Crippen molar-refractivity contribution < 1.29 is 29.0 Å². The van der Waals surface area contributed by atoms with E-state index in [4.69, 9.17) is 9.47 Å². The van der Waals surface area contributed by atoms with Crippen LogP contribution in [0.3, 0.4) is 0 Å². The SMILES string of the molecule is COc1ccc(NC(=O)N(C)C[C@H]2Oc3ccc(NC(=O)Cc4cn(C)c5ccccc45)cc3CC(=O)N([C@@H](C)CO)C[C@@H]2C)cc1. The highest BCUT2D eigenvalue weighted by molar-refractivity contribution is 5.96. The summed E-state index contributed by atoms with van der Waals surface area (Å²) in [5, 5.41) is 16.9. The molecular weight excluding hydrogens is 598 g/mol. The first kappa shape index (κ1) is 33.3. The number of methoxy groups -OCH3 is 1. The van der Waals surface area contributed by atoms with Crippen LogP contribution >= 0.6 is 0 Å². The van der Waals surface area contributed by atoms with Gasteiger partial charge in [0.05, 0.1) is 39.1 Å². The first-order valence-corrected chi connectivity index (χ1v) is 15.7. The van der Waals surface area contributed by atoms with Crippen molar-refractivity contribution in [2.75, 3.05) is 44.5 Å². The molecule has 0 aliphatic carbocycles. The van der Waals surface area contributed by atoms with Gasteiger partial charge in [0.2, 0.25) is 11.8 Å². The molecule has 0 unspecified atom stereocenters. The fourth-order valence-electron chi connectivity index (χ4n) is 5.92. The highest BCUT2D eigenvalue weighted by atomic mass is 16.5. The molecule has 0 radical (unpaired) electrons. The van der Waals surface area contributed by atoms with Crippen molar-refractivity contribution in [1.29, 1.82) is 0 Å². The summed E-state index contributed by atoms with van der Waals surface area (Å²) in [6.45, 7) is 4.16. The van der Waals surface area contributed by atoms with Crippen molar-refractivity contribution in [1.82, 2.24) is 14.4 Å². The van der Waals surface area contributed by atoms with Gasteiger partial charge in [-0.05, 0) is 61.0 Å². The number of hydrogen-bond donors (Lipinski definition) is 3.